The SMILES string of the molecule is CCCc1nc(CSC2CCCCC2)nc2c1CNCC2. The summed E-state index contributed by atoms with van der Waals surface area (Å²) in [5, 5.41) is 4.30. The van der Waals surface area contributed by atoms with Crippen LogP contribution in [0, 0.1) is 0 Å². The van der Waals surface area contributed by atoms with Gasteiger partial charge in [-0.15, -0.1) is 0 Å². The van der Waals surface area contributed by atoms with Crippen molar-refractivity contribution in [3.05, 3.63) is 22.8 Å². The molecule has 0 atom stereocenters. The Hall–Kier alpha value is -0.610. The molecule has 1 aliphatic carbocycles. The first kappa shape index (κ1) is 15.3. The summed E-state index contributed by atoms with van der Waals surface area (Å²) in [6.07, 6.45) is 10.4. The summed E-state index contributed by atoms with van der Waals surface area (Å²) in [4.78, 5) is 9.76. The van der Waals surface area contributed by atoms with Gasteiger partial charge in [-0.3, -0.25) is 0 Å². The van der Waals surface area contributed by atoms with Gasteiger partial charge in [-0.1, -0.05) is 32.6 Å². The van der Waals surface area contributed by atoms with Crippen LogP contribution in [0.3, 0.4) is 0 Å². The van der Waals surface area contributed by atoms with Gasteiger partial charge in [0.05, 0.1) is 11.4 Å². The topological polar surface area (TPSA) is 37.8 Å². The van der Waals surface area contributed by atoms with E-state index in [1.165, 1.54) is 55.5 Å². The van der Waals surface area contributed by atoms with Crippen LogP contribution in [-0.2, 0) is 25.1 Å². The Morgan fingerprint density at radius 1 is 1.19 bits per heavy atom. The molecular formula is C17H27N3S. The number of hydrogen-bond donors (Lipinski definition) is 1. The fourth-order valence-corrected chi connectivity index (χ4v) is 4.58. The lowest BCUT2D eigenvalue weighted by Crippen LogP contribution is -2.27. The van der Waals surface area contributed by atoms with Gasteiger partial charge in [-0.25, -0.2) is 9.97 Å². The summed E-state index contributed by atoms with van der Waals surface area (Å²) in [5.41, 5.74) is 4.00. The molecule has 1 aromatic rings. The summed E-state index contributed by atoms with van der Waals surface area (Å²) >= 11 is 2.09. The van der Waals surface area contributed by atoms with Crippen molar-refractivity contribution in [3.8, 4) is 0 Å². The maximum absolute atomic E-state index is 4.89. The van der Waals surface area contributed by atoms with Crippen molar-refractivity contribution in [1.29, 1.82) is 0 Å². The zero-order valence-corrected chi connectivity index (χ0v) is 14.0. The summed E-state index contributed by atoms with van der Waals surface area (Å²) in [6.45, 7) is 4.26. The molecule has 0 aromatic carbocycles. The number of aromatic nitrogens is 2. The number of aryl methyl sites for hydroxylation is 1. The molecule has 1 aromatic heterocycles. The van der Waals surface area contributed by atoms with Crippen LogP contribution in [0.5, 0.6) is 0 Å². The van der Waals surface area contributed by atoms with Crippen molar-refractivity contribution < 1.29 is 0 Å². The van der Waals surface area contributed by atoms with Crippen molar-refractivity contribution in [2.45, 2.75) is 75.8 Å². The van der Waals surface area contributed by atoms with Gasteiger partial charge in [0.15, 0.2) is 0 Å². The molecule has 0 bridgehead atoms. The molecule has 1 aliphatic heterocycles. The zero-order chi connectivity index (χ0) is 14.5. The highest BCUT2D eigenvalue weighted by molar-refractivity contribution is 7.99. The van der Waals surface area contributed by atoms with Crippen molar-refractivity contribution in [3.63, 3.8) is 0 Å². The standard InChI is InChI=1S/C17H27N3S/c1-2-6-15-14-11-18-10-9-16(14)20-17(19-15)12-21-13-7-4-3-5-8-13/h13,18H,2-12H2,1H3. The van der Waals surface area contributed by atoms with Crippen LogP contribution in [-0.4, -0.2) is 21.8 Å². The van der Waals surface area contributed by atoms with E-state index in [0.717, 1.165) is 42.8 Å². The van der Waals surface area contributed by atoms with E-state index < -0.39 is 0 Å². The molecule has 0 unspecified atom stereocenters. The zero-order valence-electron chi connectivity index (χ0n) is 13.2. The molecule has 0 saturated heterocycles. The third kappa shape index (κ3) is 3.98. The van der Waals surface area contributed by atoms with Crippen LogP contribution in [0.2, 0.25) is 0 Å². The van der Waals surface area contributed by atoms with E-state index in [-0.39, 0.29) is 0 Å². The minimum Gasteiger partial charge on any atom is -0.312 e. The summed E-state index contributed by atoms with van der Waals surface area (Å²) < 4.78 is 0. The van der Waals surface area contributed by atoms with Gasteiger partial charge in [0.1, 0.15) is 5.82 Å². The number of fused-ring (bicyclic) bond motifs is 1. The summed E-state index contributed by atoms with van der Waals surface area (Å²) in [6, 6.07) is 0. The molecule has 2 aliphatic rings. The Bertz CT molecular complexity index is 469. The lowest BCUT2D eigenvalue weighted by atomic mass is 10.0. The predicted molar refractivity (Wildman–Crippen MR) is 89.6 cm³/mol. The third-order valence-corrected chi connectivity index (χ3v) is 5.92. The second kappa shape index (κ2) is 7.59. The monoisotopic (exact) mass is 305 g/mol. The van der Waals surface area contributed by atoms with E-state index in [0.29, 0.717) is 0 Å². The van der Waals surface area contributed by atoms with Gasteiger partial charge in [-0.2, -0.15) is 11.8 Å². The van der Waals surface area contributed by atoms with Gasteiger partial charge in [-0.05, 0) is 19.3 Å². The fourth-order valence-electron chi connectivity index (χ4n) is 3.40. The van der Waals surface area contributed by atoms with E-state index in [2.05, 4.69) is 24.0 Å². The molecule has 1 N–H and O–H groups in total. The van der Waals surface area contributed by atoms with Crippen LogP contribution in [0.4, 0.5) is 0 Å². The van der Waals surface area contributed by atoms with E-state index >= 15 is 0 Å². The van der Waals surface area contributed by atoms with E-state index in [9.17, 15) is 0 Å². The largest absolute Gasteiger partial charge is 0.312 e. The van der Waals surface area contributed by atoms with Crippen LogP contribution in [0.15, 0.2) is 0 Å². The van der Waals surface area contributed by atoms with E-state index in [4.69, 9.17) is 9.97 Å². The smallest absolute Gasteiger partial charge is 0.138 e. The molecule has 4 heteroatoms. The lowest BCUT2D eigenvalue weighted by Gasteiger charge is -2.22. The Morgan fingerprint density at radius 2 is 2.05 bits per heavy atom. The van der Waals surface area contributed by atoms with Gasteiger partial charge < -0.3 is 5.32 Å². The Morgan fingerprint density at radius 3 is 2.86 bits per heavy atom. The highest BCUT2D eigenvalue weighted by atomic mass is 32.2. The maximum Gasteiger partial charge on any atom is 0.138 e. The molecular weight excluding hydrogens is 278 g/mol. The average Bonchev–Trinajstić information content (AvgIpc) is 2.54. The van der Waals surface area contributed by atoms with Crippen LogP contribution >= 0.6 is 11.8 Å². The Labute approximate surface area is 132 Å². The molecule has 1 saturated carbocycles. The number of rotatable bonds is 5. The highest BCUT2D eigenvalue weighted by Crippen LogP contribution is 2.30. The van der Waals surface area contributed by atoms with E-state index in [1.807, 2.05) is 0 Å². The van der Waals surface area contributed by atoms with Crippen molar-refractivity contribution in [1.82, 2.24) is 15.3 Å². The molecule has 0 radical (unpaired) electrons. The third-order valence-electron chi connectivity index (χ3n) is 4.55. The first-order chi connectivity index (χ1) is 10.4. The number of nitrogens with one attached hydrogen (secondary N) is 1. The second-order valence-corrected chi connectivity index (χ2v) is 7.55. The summed E-state index contributed by atoms with van der Waals surface area (Å²) in [7, 11) is 0. The molecule has 0 amide bonds. The molecule has 2 heterocycles. The normalized spacial score (nSPS) is 19.5. The number of nitrogens with zero attached hydrogens (tertiary/aromatic N) is 2. The number of hydrogen-bond acceptors (Lipinski definition) is 4. The van der Waals surface area contributed by atoms with Crippen LogP contribution in [0.1, 0.15) is 68.2 Å². The van der Waals surface area contributed by atoms with Gasteiger partial charge >= 0.3 is 0 Å². The Kier molecular flexibility index (Phi) is 5.53. The summed E-state index contributed by atoms with van der Waals surface area (Å²) in [5.74, 6) is 2.08. The minimum atomic E-state index is 0.842. The highest BCUT2D eigenvalue weighted by Gasteiger charge is 2.18. The van der Waals surface area contributed by atoms with Crippen molar-refractivity contribution >= 4 is 11.8 Å². The predicted octanol–water partition coefficient (Wildman–Crippen LogP) is 3.64. The molecule has 3 rings (SSSR count). The Balaban J connectivity index is 1.70. The molecule has 21 heavy (non-hydrogen) atoms. The average molecular weight is 305 g/mol. The molecule has 3 nitrogen and oxygen atoms in total. The first-order valence-electron chi connectivity index (χ1n) is 8.56. The van der Waals surface area contributed by atoms with Crippen LogP contribution in [0.25, 0.3) is 0 Å². The quantitative estimate of drug-likeness (QED) is 0.901. The fraction of sp³-hybridized carbons (Fsp3) is 0.765. The lowest BCUT2D eigenvalue weighted by molar-refractivity contribution is 0.516. The van der Waals surface area contributed by atoms with E-state index in [1.54, 1.807) is 0 Å². The molecule has 116 valence electrons. The first-order valence-corrected chi connectivity index (χ1v) is 9.61. The van der Waals surface area contributed by atoms with Gasteiger partial charge in [0, 0.05) is 36.0 Å². The molecule has 0 spiro atoms. The van der Waals surface area contributed by atoms with Crippen molar-refractivity contribution in [2.24, 2.45) is 0 Å². The van der Waals surface area contributed by atoms with Gasteiger partial charge in [0.2, 0.25) is 0 Å². The minimum absolute atomic E-state index is 0.842. The van der Waals surface area contributed by atoms with Gasteiger partial charge in [0.25, 0.3) is 0 Å². The second-order valence-electron chi connectivity index (χ2n) is 6.26. The van der Waals surface area contributed by atoms with Crippen LogP contribution < -0.4 is 5.32 Å². The number of thioether (sulfide) groups is 1. The van der Waals surface area contributed by atoms with Crippen molar-refractivity contribution in [2.75, 3.05) is 6.54 Å². The molecule has 1 fully saturated rings. The maximum atomic E-state index is 4.89.